The van der Waals surface area contributed by atoms with Crippen LogP contribution in [0.2, 0.25) is 0 Å². The molecule has 1 aromatic rings. The van der Waals surface area contributed by atoms with Crippen molar-refractivity contribution >= 4 is 0 Å². The first kappa shape index (κ1) is 8.27. The van der Waals surface area contributed by atoms with Gasteiger partial charge in [0.15, 0.2) is 0 Å². The van der Waals surface area contributed by atoms with Gasteiger partial charge in [-0.05, 0) is 5.56 Å². The molecule has 1 aliphatic rings. The van der Waals surface area contributed by atoms with E-state index >= 15 is 0 Å². The fourth-order valence-corrected chi connectivity index (χ4v) is 1.52. The molecule has 1 atom stereocenters. The highest BCUT2D eigenvalue weighted by Crippen LogP contribution is 2.27. The van der Waals surface area contributed by atoms with Crippen LogP contribution >= 0.6 is 0 Å². The molecule has 0 bridgehead atoms. The number of rotatable bonds is 1. The lowest BCUT2D eigenvalue weighted by Gasteiger charge is -2.19. The Hall–Kier alpha value is -1.34. The lowest BCUT2D eigenvalue weighted by molar-refractivity contribution is 0.861. The number of allylic oxidation sites excluding steroid dienone is 2. The lowest BCUT2D eigenvalue weighted by Crippen LogP contribution is -2.17. The minimum absolute atomic E-state index is 0.256. The molecular weight excluding hydrogens is 158 g/mol. The minimum Gasteiger partial charge on any atom is -0.319 e. The minimum atomic E-state index is 0.256. The van der Waals surface area contributed by atoms with Crippen LogP contribution in [0.1, 0.15) is 11.5 Å². The van der Waals surface area contributed by atoms with Crippen molar-refractivity contribution in [3.05, 3.63) is 66.2 Å². The van der Waals surface area contributed by atoms with E-state index < -0.39 is 0 Å². The first-order valence-corrected chi connectivity index (χ1v) is 4.40. The summed E-state index contributed by atoms with van der Waals surface area (Å²) in [6.07, 6.45) is 8.07. The number of benzene rings is 1. The van der Waals surface area contributed by atoms with Gasteiger partial charge in [0, 0.05) is 5.92 Å². The normalized spacial score (nSPS) is 22.1. The maximum absolute atomic E-state index is 5.89. The molecule has 1 aromatic carbocycles. The number of hydrogen-bond acceptors (Lipinski definition) is 1. The van der Waals surface area contributed by atoms with Crippen molar-refractivity contribution in [2.75, 3.05) is 0 Å². The van der Waals surface area contributed by atoms with E-state index in [1.807, 2.05) is 36.4 Å². The maximum atomic E-state index is 5.89. The molecule has 1 aliphatic carbocycles. The van der Waals surface area contributed by atoms with Gasteiger partial charge in [0.25, 0.3) is 0 Å². The monoisotopic (exact) mass is 170 g/mol. The zero-order valence-corrected chi connectivity index (χ0v) is 7.35. The zero-order valence-electron chi connectivity index (χ0n) is 7.35. The fraction of sp³-hybridized carbons (Fsp3) is 0.0833. The van der Waals surface area contributed by atoms with Gasteiger partial charge in [-0.2, -0.15) is 0 Å². The molecule has 0 amide bonds. The Labute approximate surface area is 78.6 Å². The summed E-state index contributed by atoms with van der Waals surface area (Å²) in [5, 5.41) is 0. The van der Waals surface area contributed by atoms with Crippen molar-refractivity contribution in [3.63, 3.8) is 0 Å². The summed E-state index contributed by atoms with van der Waals surface area (Å²) >= 11 is 0. The van der Waals surface area contributed by atoms with E-state index in [9.17, 15) is 0 Å². The molecule has 2 N–H and O–H groups in total. The second kappa shape index (κ2) is 3.58. The summed E-state index contributed by atoms with van der Waals surface area (Å²) in [4.78, 5) is 0. The molecule has 1 unspecified atom stereocenters. The fourth-order valence-electron chi connectivity index (χ4n) is 1.52. The molecular formula is C12H12N. The van der Waals surface area contributed by atoms with Crippen molar-refractivity contribution in [2.24, 2.45) is 5.73 Å². The Morgan fingerprint density at radius 3 is 2.46 bits per heavy atom. The third kappa shape index (κ3) is 1.70. The largest absolute Gasteiger partial charge is 0.319 e. The molecule has 1 heteroatoms. The Balaban J connectivity index is 2.27. The maximum Gasteiger partial charge on any atom is 0.0675 e. The summed E-state index contributed by atoms with van der Waals surface area (Å²) in [7, 11) is 0. The molecule has 0 heterocycles. The van der Waals surface area contributed by atoms with Gasteiger partial charge in [0.1, 0.15) is 0 Å². The van der Waals surface area contributed by atoms with Crippen molar-refractivity contribution in [3.8, 4) is 0 Å². The van der Waals surface area contributed by atoms with Crippen molar-refractivity contribution in [2.45, 2.75) is 5.92 Å². The Morgan fingerprint density at radius 1 is 1.00 bits per heavy atom. The Morgan fingerprint density at radius 2 is 1.77 bits per heavy atom. The summed E-state index contributed by atoms with van der Waals surface area (Å²) in [6.45, 7) is 0. The van der Waals surface area contributed by atoms with E-state index in [1.165, 1.54) is 5.56 Å². The topological polar surface area (TPSA) is 26.0 Å². The van der Waals surface area contributed by atoms with Crippen LogP contribution in [0.5, 0.6) is 0 Å². The van der Waals surface area contributed by atoms with Crippen molar-refractivity contribution in [1.82, 2.24) is 0 Å². The third-order valence-corrected chi connectivity index (χ3v) is 2.22. The quantitative estimate of drug-likeness (QED) is 0.688. The SMILES string of the molecule is N[C]1C=CC=CC1c1ccccc1. The summed E-state index contributed by atoms with van der Waals surface area (Å²) < 4.78 is 0. The highest BCUT2D eigenvalue weighted by atomic mass is 14.6. The Kier molecular flexibility index (Phi) is 2.28. The molecule has 0 spiro atoms. The third-order valence-electron chi connectivity index (χ3n) is 2.22. The molecule has 0 aliphatic heterocycles. The van der Waals surface area contributed by atoms with E-state index in [-0.39, 0.29) is 5.92 Å². The lowest BCUT2D eigenvalue weighted by atomic mass is 9.89. The van der Waals surface area contributed by atoms with Crippen LogP contribution in [-0.4, -0.2) is 0 Å². The van der Waals surface area contributed by atoms with Crippen LogP contribution in [0.15, 0.2) is 54.6 Å². The second-order valence-corrected chi connectivity index (χ2v) is 3.13. The van der Waals surface area contributed by atoms with E-state index in [4.69, 9.17) is 5.73 Å². The highest BCUT2D eigenvalue weighted by Gasteiger charge is 2.16. The van der Waals surface area contributed by atoms with Crippen LogP contribution in [0.25, 0.3) is 0 Å². The summed E-state index contributed by atoms with van der Waals surface area (Å²) in [5.74, 6) is 0.256. The molecule has 0 fully saturated rings. The zero-order chi connectivity index (χ0) is 9.10. The van der Waals surface area contributed by atoms with Crippen LogP contribution in [0.4, 0.5) is 0 Å². The van der Waals surface area contributed by atoms with E-state index in [0.29, 0.717) is 0 Å². The van der Waals surface area contributed by atoms with Gasteiger partial charge < -0.3 is 5.73 Å². The average molecular weight is 170 g/mol. The molecule has 13 heavy (non-hydrogen) atoms. The Bertz CT molecular complexity index is 324. The number of nitrogens with two attached hydrogens (primary N) is 1. The van der Waals surface area contributed by atoms with Gasteiger partial charge in [-0.3, -0.25) is 0 Å². The van der Waals surface area contributed by atoms with Crippen molar-refractivity contribution in [1.29, 1.82) is 0 Å². The predicted octanol–water partition coefficient (Wildman–Crippen LogP) is 2.39. The second-order valence-electron chi connectivity index (χ2n) is 3.13. The van der Waals surface area contributed by atoms with Gasteiger partial charge in [-0.1, -0.05) is 54.6 Å². The smallest absolute Gasteiger partial charge is 0.0675 e. The van der Waals surface area contributed by atoms with Gasteiger partial charge in [-0.15, -0.1) is 0 Å². The van der Waals surface area contributed by atoms with Gasteiger partial charge in [0.05, 0.1) is 6.04 Å². The molecule has 1 radical (unpaired) electrons. The highest BCUT2D eigenvalue weighted by molar-refractivity contribution is 5.38. The molecule has 0 saturated carbocycles. The summed E-state index contributed by atoms with van der Waals surface area (Å²) in [6, 6.07) is 11.2. The molecule has 1 nitrogen and oxygen atoms in total. The molecule has 2 rings (SSSR count). The number of hydrogen-bond donors (Lipinski definition) is 1. The predicted molar refractivity (Wildman–Crippen MR) is 54.9 cm³/mol. The first-order valence-electron chi connectivity index (χ1n) is 4.40. The molecule has 65 valence electrons. The first-order chi connectivity index (χ1) is 6.38. The van der Waals surface area contributed by atoms with Crippen molar-refractivity contribution < 1.29 is 0 Å². The van der Waals surface area contributed by atoms with Crippen LogP contribution < -0.4 is 5.73 Å². The van der Waals surface area contributed by atoms with Gasteiger partial charge in [0.2, 0.25) is 0 Å². The van der Waals surface area contributed by atoms with Crippen LogP contribution in [0.3, 0.4) is 0 Å². The van der Waals surface area contributed by atoms with Gasteiger partial charge >= 0.3 is 0 Å². The van der Waals surface area contributed by atoms with E-state index in [1.54, 1.807) is 0 Å². The van der Waals surface area contributed by atoms with Gasteiger partial charge in [-0.25, -0.2) is 0 Å². The summed E-state index contributed by atoms with van der Waals surface area (Å²) in [5.41, 5.74) is 7.14. The standard InChI is InChI=1S/C12H12N/c13-12-9-5-4-8-11(12)10-6-2-1-3-7-10/h1-9,11H,13H2. The average Bonchev–Trinajstić information content (AvgIpc) is 2.20. The molecule has 0 aromatic heterocycles. The van der Waals surface area contributed by atoms with Crippen LogP contribution in [0, 0.1) is 6.04 Å². The van der Waals surface area contributed by atoms with E-state index in [0.717, 1.165) is 6.04 Å². The van der Waals surface area contributed by atoms with Crippen LogP contribution in [-0.2, 0) is 0 Å². The molecule has 0 saturated heterocycles. The van der Waals surface area contributed by atoms with E-state index in [2.05, 4.69) is 18.2 Å².